The normalized spacial score (nSPS) is 11.0. The molecule has 0 saturated carbocycles. The Bertz CT molecular complexity index is 851. The van der Waals surface area contributed by atoms with E-state index < -0.39 is 10.0 Å². The quantitative estimate of drug-likeness (QED) is 0.606. The van der Waals surface area contributed by atoms with E-state index in [9.17, 15) is 13.2 Å². The van der Waals surface area contributed by atoms with Gasteiger partial charge < -0.3 is 14.8 Å². The summed E-state index contributed by atoms with van der Waals surface area (Å²) in [5, 5.41) is 2.79. The summed E-state index contributed by atoms with van der Waals surface area (Å²) in [5.74, 6) is 0.180. The van der Waals surface area contributed by atoms with Crippen LogP contribution in [0.25, 0.3) is 0 Å². The number of hydrogen-bond acceptors (Lipinski definition) is 5. The van der Waals surface area contributed by atoms with Crippen LogP contribution in [0.15, 0.2) is 53.4 Å². The van der Waals surface area contributed by atoms with E-state index in [1.54, 1.807) is 31.4 Å². The second-order valence-electron chi connectivity index (χ2n) is 5.79. The number of amides is 1. The Morgan fingerprint density at radius 1 is 1.00 bits per heavy atom. The topological polar surface area (TPSA) is 93.7 Å². The molecule has 0 unspecified atom stereocenters. The first-order valence-corrected chi connectivity index (χ1v) is 9.99. The van der Waals surface area contributed by atoms with Crippen molar-refractivity contribution in [2.45, 2.75) is 17.7 Å². The highest BCUT2D eigenvalue weighted by atomic mass is 32.2. The van der Waals surface area contributed by atoms with Gasteiger partial charge in [0.15, 0.2) is 0 Å². The van der Waals surface area contributed by atoms with Crippen molar-refractivity contribution >= 4 is 21.6 Å². The predicted octanol–water partition coefficient (Wildman–Crippen LogP) is 2.65. The average molecular weight is 392 g/mol. The summed E-state index contributed by atoms with van der Waals surface area (Å²) in [4.78, 5) is 12.1. The molecule has 0 radical (unpaired) electrons. The average Bonchev–Trinajstić information content (AvgIpc) is 2.68. The molecule has 27 heavy (non-hydrogen) atoms. The highest BCUT2D eigenvalue weighted by Crippen LogP contribution is 2.26. The molecule has 146 valence electrons. The van der Waals surface area contributed by atoms with Crippen molar-refractivity contribution in [3.05, 3.63) is 54.1 Å². The highest BCUT2D eigenvalue weighted by Gasteiger charge is 2.17. The van der Waals surface area contributed by atoms with Gasteiger partial charge in [0.25, 0.3) is 15.9 Å². The van der Waals surface area contributed by atoms with Gasteiger partial charge in [0, 0.05) is 25.8 Å². The van der Waals surface area contributed by atoms with Crippen LogP contribution >= 0.6 is 0 Å². The van der Waals surface area contributed by atoms with Gasteiger partial charge in [-0.2, -0.15) is 0 Å². The van der Waals surface area contributed by atoms with Gasteiger partial charge in [-0.25, -0.2) is 8.42 Å². The fraction of sp³-hybridized carbons (Fsp3) is 0.316. The Morgan fingerprint density at radius 3 is 2.37 bits per heavy atom. The van der Waals surface area contributed by atoms with Crippen LogP contribution in [-0.2, 0) is 14.8 Å². The molecule has 0 heterocycles. The first kappa shape index (κ1) is 20.7. The number of benzene rings is 2. The Morgan fingerprint density at radius 2 is 1.70 bits per heavy atom. The van der Waals surface area contributed by atoms with Crippen molar-refractivity contribution in [3.63, 3.8) is 0 Å². The van der Waals surface area contributed by atoms with Crippen LogP contribution in [-0.4, -0.2) is 41.7 Å². The number of methoxy groups -OCH3 is 2. The molecule has 2 aromatic rings. The lowest BCUT2D eigenvalue weighted by Gasteiger charge is -2.12. The maximum atomic E-state index is 12.5. The molecule has 0 spiro atoms. The van der Waals surface area contributed by atoms with Crippen molar-refractivity contribution in [2.75, 3.05) is 32.1 Å². The third-order valence-electron chi connectivity index (χ3n) is 3.84. The number of carbonyl (C=O) groups excluding carboxylic acids is 1. The fourth-order valence-corrected chi connectivity index (χ4v) is 3.46. The minimum Gasteiger partial charge on any atom is -0.495 e. The predicted molar refractivity (Wildman–Crippen MR) is 104 cm³/mol. The van der Waals surface area contributed by atoms with Crippen molar-refractivity contribution in [2.24, 2.45) is 0 Å². The van der Waals surface area contributed by atoms with Crippen LogP contribution in [0, 0.1) is 0 Å². The lowest BCUT2D eigenvalue weighted by atomic mass is 10.2. The van der Waals surface area contributed by atoms with Crippen LogP contribution < -0.4 is 14.8 Å². The first-order valence-electron chi connectivity index (χ1n) is 8.51. The summed E-state index contributed by atoms with van der Waals surface area (Å²) >= 11 is 0. The van der Waals surface area contributed by atoms with E-state index in [-0.39, 0.29) is 10.8 Å². The molecular weight excluding hydrogens is 368 g/mol. The number of para-hydroxylation sites is 2. The van der Waals surface area contributed by atoms with E-state index in [1.807, 2.05) is 0 Å². The molecule has 2 aromatic carbocycles. The molecular formula is C19H24N2O5S. The minimum absolute atomic E-state index is 0.0602. The summed E-state index contributed by atoms with van der Waals surface area (Å²) < 4.78 is 37.7. The molecule has 2 N–H and O–H groups in total. The lowest BCUT2D eigenvalue weighted by molar-refractivity contribution is 0.0951. The zero-order valence-electron chi connectivity index (χ0n) is 15.4. The second kappa shape index (κ2) is 9.94. The van der Waals surface area contributed by atoms with Gasteiger partial charge >= 0.3 is 0 Å². The van der Waals surface area contributed by atoms with Gasteiger partial charge in [-0.1, -0.05) is 12.1 Å². The molecule has 2 rings (SSSR count). The molecule has 0 aliphatic carbocycles. The number of carbonyl (C=O) groups is 1. The number of nitrogens with one attached hydrogen (secondary N) is 2. The number of sulfonamides is 1. The summed E-state index contributed by atoms with van der Waals surface area (Å²) in [6.07, 6.45) is 1.68. The Labute approximate surface area is 159 Å². The van der Waals surface area contributed by atoms with Crippen LogP contribution in [0.4, 0.5) is 5.69 Å². The maximum Gasteiger partial charge on any atom is 0.262 e. The van der Waals surface area contributed by atoms with E-state index >= 15 is 0 Å². The molecule has 1 amide bonds. The molecule has 0 aromatic heterocycles. The fourth-order valence-electron chi connectivity index (χ4n) is 2.39. The third-order valence-corrected chi connectivity index (χ3v) is 5.22. The van der Waals surface area contributed by atoms with Gasteiger partial charge in [-0.15, -0.1) is 0 Å². The zero-order valence-corrected chi connectivity index (χ0v) is 16.2. The second-order valence-corrected chi connectivity index (χ2v) is 7.47. The number of anilines is 1. The van der Waals surface area contributed by atoms with Gasteiger partial charge in [0.1, 0.15) is 5.75 Å². The molecule has 7 nitrogen and oxygen atoms in total. The van der Waals surface area contributed by atoms with E-state index in [4.69, 9.17) is 9.47 Å². The van der Waals surface area contributed by atoms with Crippen molar-refractivity contribution < 1.29 is 22.7 Å². The maximum absolute atomic E-state index is 12.5. The van der Waals surface area contributed by atoms with Gasteiger partial charge in [0.2, 0.25) is 0 Å². The van der Waals surface area contributed by atoms with Crippen LogP contribution in [0.3, 0.4) is 0 Å². The van der Waals surface area contributed by atoms with E-state index in [0.29, 0.717) is 30.2 Å². The molecule has 0 atom stereocenters. The molecule has 0 aliphatic rings. The molecule has 0 bridgehead atoms. The van der Waals surface area contributed by atoms with Crippen molar-refractivity contribution in [1.29, 1.82) is 0 Å². The van der Waals surface area contributed by atoms with Crippen LogP contribution in [0.2, 0.25) is 0 Å². The Balaban J connectivity index is 2.02. The standard InChI is InChI=1S/C19H24N2O5S/c1-25-14-6-5-13-20-19(22)15-9-11-16(12-10-15)27(23,24)21-17-7-3-4-8-18(17)26-2/h3-4,7-12,21H,5-6,13-14H2,1-2H3,(H,20,22). The third kappa shape index (κ3) is 5.97. The Kier molecular flexibility index (Phi) is 7.63. The van der Waals surface area contributed by atoms with Crippen LogP contribution in [0.5, 0.6) is 5.75 Å². The molecule has 0 aliphatic heterocycles. The van der Waals surface area contributed by atoms with Crippen molar-refractivity contribution in [3.8, 4) is 5.75 Å². The SMILES string of the molecule is COCCCCNC(=O)c1ccc(S(=O)(=O)Nc2ccccc2OC)cc1. The smallest absolute Gasteiger partial charge is 0.262 e. The largest absolute Gasteiger partial charge is 0.495 e. The minimum atomic E-state index is -3.79. The number of unbranched alkanes of at least 4 members (excludes halogenated alkanes) is 1. The van der Waals surface area contributed by atoms with E-state index in [0.717, 1.165) is 12.8 Å². The Hall–Kier alpha value is -2.58. The highest BCUT2D eigenvalue weighted by molar-refractivity contribution is 7.92. The lowest BCUT2D eigenvalue weighted by Crippen LogP contribution is -2.24. The summed E-state index contributed by atoms with van der Waals surface area (Å²) in [6.45, 7) is 1.19. The van der Waals surface area contributed by atoms with Crippen LogP contribution in [0.1, 0.15) is 23.2 Å². The number of hydrogen-bond donors (Lipinski definition) is 2. The summed E-state index contributed by atoms with van der Waals surface area (Å²) in [7, 11) is -0.687. The van der Waals surface area contributed by atoms with E-state index in [1.165, 1.54) is 31.4 Å². The first-order chi connectivity index (χ1) is 13.0. The summed E-state index contributed by atoms with van der Waals surface area (Å²) in [5.41, 5.74) is 0.746. The van der Waals surface area contributed by atoms with Gasteiger partial charge in [0.05, 0.1) is 17.7 Å². The van der Waals surface area contributed by atoms with Gasteiger partial charge in [-0.05, 0) is 49.2 Å². The summed E-state index contributed by atoms with van der Waals surface area (Å²) in [6, 6.07) is 12.5. The van der Waals surface area contributed by atoms with Crippen molar-refractivity contribution in [1.82, 2.24) is 5.32 Å². The molecule has 0 fully saturated rings. The van der Waals surface area contributed by atoms with Gasteiger partial charge in [-0.3, -0.25) is 9.52 Å². The van der Waals surface area contributed by atoms with E-state index in [2.05, 4.69) is 10.0 Å². The molecule has 0 saturated heterocycles. The molecule has 8 heteroatoms. The number of rotatable bonds is 10. The zero-order chi connectivity index (χ0) is 19.7. The monoisotopic (exact) mass is 392 g/mol. The number of ether oxygens (including phenoxy) is 2.